The monoisotopic (exact) mass is 587 g/mol. The highest BCUT2D eigenvalue weighted by Gasteiger charge is 2.13. The van der Waals surface area contributed by atoms with Gasteiger partial charge in [0.2, 0.25) is 5.91 Å². The largest absolute Gasteiger partial charge is 0.490 e. The molecule has 3 aromatic carbocycles. The van der Waals surface area contributed by atoms with Crippen molar-refractivity contribution >= 4 is 40.4 Å². The Morgan fingerprint density at radius 2 is 1.77 bits per heavy atom. The second kappa shape index (κ2) is 12.3. The molecule has 0 aliphatic carbocycles. The van der Waals surface area contributed by atoms with E-state index in [2.05, 4.69) is 33.1 Å². The predicted molar refractivity (Wildman–Crippen MR) is 143 cm³/mol. The second-order valence-corrected chi connectivity index (χ2v) is 9.03. The number of hydrogen-bond donors (Lipinski definition) is 1. The second-order valence-electron chi connectivity index (χ2n) is 7.86. The van der Waals surface area contributed by atoms with Gasteiger partial charge in [-0.25, -0.2) is 5.43 Å². The number of ether oxygens (including phenoxy) is 2. The molecule has 0 bridgehead atoms. The fourth-order valence-corrected chi connectivity index (χ4v) is 4.03. The number of hydrazone groups is 1. The van der Waals surface area contributed by atoms with Gasteiger partial charge >= 0.3 is 0 Å². The quantitative estimate of drug-likeness (QED) is 0.146. The van der Waals surface area contributed by atoms with E-state index in [-0.39, 0.29) is 24.6 Å². The Morgan fingerprint density at radius 3 is 2.43 bits per heavy atom. The summed E-state index contributed by atoms with van der Waals surface area (Å²) in [6.07, 6.45) is 1.80. The summed E-state index contributed by atoms with van der Waals surface area (Å²) in [5, 5.41) is 14.9. The van der Waals surface area contributed by atoms with Crippen molar-refractivity contribution in [3.8, 4) is 11.5 Å². The number of nitrogens with zero attached hydrogens (tertiary/aromatic N) is 2. The summed E-state index contributed by atoms with van der Waals surface area (Å²) in [5.41, 5.74) is 7.40. The van der Waals surface area contributed by atoms with Crippen LogP contribution in [0.15, 0.2) is 59.7 Å². The fraction of sp³-hybridized carbons (Fsp3) is 0.231. The van der Waals surface area contributed by atoms with Gasteiger partial charge in [-0.1, -0.05) is 18.2 Å². The number of carbonyl (C=O) groups excluding carboxylic acids is 1. The number of hydrogen-bond acceptors (Lipinski definition) is 6. The number of nitro benzene ring substituents is 1. The van der Waals surface area contributed by atoms with Crippen LogP contribution < -0.4 is 14.9 Å². The van der Waals surface area contributed by atoms with E-state index < -0.39 is 4.92 Å². The topological polar surface area (TPSA) is 103 Å². The number of aryl methyl sites for hydroxylation is 2. The highest BCUT2D eigenvalue weighted by molar-refractivity contribution is 14.1. The van der Waals surface area contributed by atoms with Gasteiger partial charge in [0.05, 0.1) is 27.7 Å². The molecule has 8 nitrogen and oxygen atoms in total. The van der Waals surface area contributed by atoms with Gasteiger partial charge in [0.15, 0.2) is 11.5 Å². The average molecular weight is 587 g/mol. The minimum absolute atomic E-state index is 0.0306. The normalized spacial score (nSPS) is 10.9. The van der Waals surface area contributed by atoms with Crippen LogP contribution in [0.3, 0.4) is 0 Å². The summed E-state index contributed by atoms with van der Waals surface area (Å²) in [7, 11) is 0. The Kier molecular flexibility index (Phi) is 9.18. The number of halogens is 1. The van der Waals surface area contributed by atoms with Gasteiger partial charge in [-0.05, 0) is 95.4 Å². The smallest absolute Gasteiger partial charge is 0.269 e. The lowest BCUT2D eigenvalue weighted by Gasteiger charge is -2.14. The van der Waals surface area contributed by atoms with E-state index in [0.29, 0.717) is 18.1 Å². The van der Waals surface area contributed by atoms with Crippen LogP contribution in [-0.4, -0.2) is 23.7 Å². The van der Waals surface area contributed by atoms with Crippen LogP contribution >= 0.6 is 22.6 Å². The maximum Gasteiger partial charge on any atom is 0.269 e. The SMILES string of the molecule is CCOc1cc(/C=N\NC(=O)Cc2ccc(C)c(C)c2)cc(I)c1OCc1ccc([N+](=O)[O-])cc1. The molecule has 0 aliphatic rings. The van der Waals surface area contributed by atoms with Crippen molar-refractivity contribution in [2.75, 3.05) is 6.61 Å². The van der Waals surface area contributed by atoms with Crippen molar-refractivity contribution in [2.24, 2.45) is 5.10 Å². The van der Waals surface area contributed by atoms with Gasteiger partial charge in [0.25, 0.3) is 5.69 Å². The van der Waals surface area contributed by atoms with Gasteiger partial charge in [0.1, 0.15) is 6.61 Å². The molecule has 1 amide bonds. The third-order valence-electron chi connectivity index (χ3n) is 5.20. The Hall–Kier alpha value is -3.47. The molecule has 0 heterocycles. The number of rotatable bonds is 10. The average Bonchev–Trinajstić information content (AvgIpc) is 2.81. The van der Waals surface area contributed by atoms with E-state index >= 15 is 0 Å². The zero-order chi connectivity index (χ0) is 25.4. The Labute approximate surface area is 217 Å². The molecular formula is C26H26IN3O5. The lowest BCUT2D eigenvalue weighted by Crippen LogP contribution is -2.19. The molecule has 0 radical (unpaired) electrons. The number of non-ortho nitro benzene ring substituents is 1. The molecule has 9 heteroatoms. The van der Waals surface area contributed by atoms with Crippen LogP contribution in [0.25, 0.3) is 0 Å². The van der Waals surface area contributed by atoms with Gasteiger partial charge in [-0.3, -0.25) is 14.9 Å². The summed E-state index contributed by atoms with van der Waals surface area (Å²) in [6.45, 7) is 6.60. The zero-order valence-corrected chi connectivity index (χ0v) is 21.9. The first-order valence-corrected chi connectivity index (χ1v) is 12.0. The highest BCUT2D eigenvalue weighted by Crippen LogP contribution is 2.34. The molecule has 1 N–H and O–H groups in total. The summed E-state index contributed by atoms with van der Waals surface area (Å²) < 4.78 is 12.5. The molecule has 0 aliphatic heterocycles. The van der Waals surface area contributed by atoms with Gasteiger partial charge in [-0.15, -0.1) is 0 Å². The van der Waals surface area contributed by atoms with E-state index in [9.17, 15) is 14.9 Å². The van der Waals surface area contributed by atoms with Crippen molar-refractivity contribution in [3.63, 3.8) is 0 Å². The summed E-state index contributed by atoms with van der Waals surface area (Å²) in [5.74, 6) is 0.915. The van der Waals surface area contributed by atoms with E-state index in [4.69, 9.17) is 9.47 Å². The standard InChI is InChI=1S/C26H26IN3O5/c1-4-34-24-13-21(15-28-29-25(31)14-20-6-5-17(2)18(3)11-20)12-23(27)26(24)35-16-19-7-9-22(10-8-19)30(32)33/h5-13,15H,4,14,16H2,1-3H3,(H,29,31)/b28-15-. The predicted octanol–water partition coefficient (Wildman–Crippen LogP) is 5.49. The first-order valence-electron chi connectivity index (χ1n) is 11.0. The maximum absolute atomic E-state index is 12.3. The van der Waals surface area contributed by atoms with E-state index in [0.717, 1.165) is 25.8 Å². The minimum Gasteiger partial charge on any atom is -0.490 e. The number of benzene rings is 3. The Balaban J connectivity index is 1.65. The molecule has 0 aromatic heterocycles. The molecular weight excluding hydrogens is 561 g/mol. The van der Waals surface area contributed by atoms with E-state index in [1.54, 1.807) is 24.4 Å². The molecule has 0 saturated heterocycles. The van der Waals surface area contributed by atoms with E-state index in [1.807, 2.05) is 45.0 Å². The summed E-state index contributed by atoms with van der Waals surface area (Å²) in [6, 6.07) is 15.8. The van der Waals surface area contributed by atoms with Crippen molar-refractivity contribution in [1.29, 1.82) is 0 Å². The van der Waals surface area contributed by atoms with Crippen molar-refractivity contribution in [2.45, 2.75) is 33.8 Å². The lowest BCUT2D eigenvalue weighted by molar-refractivity contribution is -0.384. The number of carbonyl (C=O) groups is 1. The van der Waals surface area contributed by atoms with Crippen molar-refractivity contribution in [3.05, 3.63) is 96.1 Å². The van der Waals surface area contributed by atoms with Gasteiger partial charge in [-0.2, -0.15) is 5.10 Å². The molecule has 3 aromatic rings. The number of amides is 1. The van der Waals surface area contributed by atoms with Crippen LogP contribution in [0, 0.1) is 27.5 Å². The van der Waals surface area contributed by atoms with Crippen molar-refractivity contribution in [1.82, 2.24) is 5.43 Å². The molecule has 0 atom stereocenters. The summed E-state index contributed by atoms with van der Waals surface area (Å²) >= 11 is 2.15. The third kappa shape index (κ3) is 7.51. The summed E-state index contributed by atoms with van der Waals surface area (Å²) in [4.78, 5) is 22.6. The fourth-order valence-electron chi connectivity index (χ4n) is 3.25. The van der Waals surface area contributed by atoms with Gasteiger partial charge in [0, 0.05) is 12.1 Å². The van der Waals surface area contributed by atoms with Crippen LogP contribution in [0.5, 0.6) is 11.5 Å². The Bertz CT molecular complexity index is 1240. The van der Waals surface area contributed by atoms with Crippen molar-refractivity contribution < 1.29 is 19.2 Å². The highest BCUT2D eigenvalue weighted by atomic mass is 127. The minimum atomic E-state index is -0.438. The molecule has 0 saturated carbocycles. The van der Waals surface area contributed by atoms with Crippen LogP contribution in [0.1, 0.15) is 34.7 Å². The third-order valence-corrected chi connectivity index (χ3v) is 6.00. The lowest BCUT2D eigenvalue weighted by atomic mass is 10.0. The molecule has 3 rings (SSSR count). The zero-order valence-electron chi connectivity index (χ0n) is 19.7. The first kappa shape index (κ1) is 26.1. The molecule has 0 unspecified atom stereocenters. The molecule has 0 fully saturated rings. The first-order chi connectivity index (χ1) is 16.8. The van der Waals surface area contributed by atoms with Crippen LogP contribution in [-0.2, 0) is 17.8 Å². The molecule has 35 heavy (non-hydrogen) atoms. The van der Waals surface area contributed by atoms with Crippen LogP contribution in [0.2, 0.25) is 0 Å². The maximum atomic E-state index is 12.3. The number of nitrogens with one attached hydrogen (secondary N) is 1. The Morgan fingerprint density at radius 1 is 1.06 bits per heavy atom. The van der Waals surface area contributed by atoms with Crippen LogP contribution in [0.4, 0.5) is 5.69 Å². The molecule has 0 spiro atoms. The molecule has 182 valence electrons. The van der Waals surface area contributed by atoms with Gasteiger partial charge < -0.3 is 9.47 Å². The van der Waals surface area contributed by atoms with E-state index in [1.165, 1.54) is 17.7 Å². The number of nitro groups is 1.